The van der Waals surface area contributed by atoms with E-state index in [1.54, 1.807) is 11.3 Å². The summed E-state index contributed by atoms with van der Waals surface area (Å²) in [5.74, 6) is 0. The zero-order valence-corrected chi connectivity index (χ0v) is 11.6. The van der Waals surface area contributed by atoms with Gasteiger partial charge >= 0.3 is 0 Å². The normalized spacial score (nSPS) is 10.4. The highest BCUT2D eigenvalue weighted by Crippen LogP contribution is 2.33. The summed E-state index contributed by atoms with van der Waals surface area (Å²) in [6, 6.07) is 6.33. The third kappa shape index (κ3) is 1.81. The number of fused-ring (bicyclic) bond motifs is 1. The molecule has 1 aromatic carbocycles. The topological polar surface area (TPSA) is 23.8 Å². The number of hydrogen-bond acceptors (Lipinski definition) is 2. The molecular weight excluding hydrogens is 373 g/mol. The van der Waals surface area contributed by atoms with Gasteiger partial charge in [0.2, 0.25) is 0 Å². The predicted octanol–water partition coefficient (Wildman–Crippen LogP) is 4.33. The van der Waals surface area contributed by atoms with E-state index in [0.717, 1.165) is 10.0 Å². The lowest BCUT2D eigenvalue weighted by atomic mass is 10.1. The maximum Gasteiger partial charge on any atom is 0.0670 e. The predicted molar refractivity (Wildman–Crippen MR) is 71.6 cm³/mol. The van der Waals surface area contributed by atoms with Crippen LogP contribution in [0.4, 0.5) is 0 Å². The van der Waals surface area contributed by atoms with Crippen LogP contribution in [0, 0.1) is 14.9 Å². The van der Waals surface area contributed by atoms with Crippen LogP contribution in [-0.4, -0.2) is 0 Å². The third-order valence-corrected chi connectivity index (χ3v) is 4.78. The van der Waals surface area contributed by atoms with Crippen molar-refractivity contribution in [3.05, 3.63) is 31.1 Å². The molecule has 0 radical (unpaired) electrons. The van der Waals surface area contributed by atoms with Crippen molar-refractivity contribution in [2.75, 3.05) is 0 Å². The van der Waals surface area contributed by atoms with Crippen molar-refractivity contribution >= 4 is 59.9 Å². The molecule has 0 saturated heterocycles. The lowest BCUT2D eigenvalue weighted by Crippen LogP contribution is -1.82. The molecule has 70 valence electrons. The van der Waals surface area contributed by atoms with E-state index in [2.05, 4.69) is 56.0 Å². The van der Waals surface area contributed by atoms with Crippen molar-refractivity contribution in [1.82, 2.24) is 0 Å². The largest absolute Gasteiger partial charge is 0.198 e. The van der Waals surface area contributed by atoms with Crippen LogP contribution in [0.15, 0.2) is 22.0 Å². The van der Waals surface area contributed by atoms with Gasteiger partial charge in [0, 0.05) is 23.5 Å². The molecule has 2 rings (SSSR count). The minimum absolute atomic E-state index is 0.479. The van der Waals surface area contributed by atoms with Crippen molar-refractivity contribution in [1.29, 1.82) is 5.26 Å². The molecule has 0 unspecified atom stereocenters. The molecule has 0 aliphatic heterocycles. The molecule has 0 atom stereocenters. The molecule has 0 aliphatic carbocycles. The highest BCUT2D eigenvalue weighted by molar-refractivity contribution is 14.1. The Morgan fingerprint density at radius 3 is 3.00 bits per heavy atom. The summed E-state index contributed by atoms with van der Waals surface area (Å²) in [5, 5.41) is 12.1. The summed E-state index contributed by atoms with van der Waals surface area (Å²) in [7, 11) is 0. The summed E-state index contributed by atoms with van der Waals surface area (Å²) in [5.41, 5.74) is 1.12. The van der Waals surface area contributed by atoms with E-state index in [9.17, 15) is 0 Å². The third-order valence-electron chi connectivity index (χ3n) is 1.94. The monoisotopic (exact) mass is 377 g/mol. The number of halogens is 2. The number of hydrogen-bond donors (Lipinski definition) is 0. The first kappa shape index (κ1) is 10.4. The first-order chi connectivity index (χ1) is 6.72. The Hall–Kier alpha value is -0.120. The van der Waals surface area contributed by atoms with Crippen molar-refractivity contribution in [2.24, 2.45) is 0 Å². The summed E-state index contributed by atoms with van der Waals surface area (Å²) < 4.78 is 3.54. The average Bonchev–Trinajstić information content (AvgIpc) is 2.49. The summed E-state index contributed by atoms with van der Waals surface area (Å²) in [4.78, 5) is 0. The SMILES string of the molecule is N#CCc1cc(Br)cc2c(I)csc12. The fourth-order valence-corrected chi connectivity index (χ4v) is 3.78. The second-order valence-electron chi connectivity index (χ2n) is 2.86. The van der Waals surface area contributed by atoms with Crippen LogP contribution in [0.25, 0.3) is 10.1 Å². The van der Waals surface area contributed by atoms with E-state index >= 15 is 0 Å². The lowest BCUT2D eigenvalue weighted by molar-refractivity contribution is 1.29. The Labute approximate surface area is 108 Å². The van der Waals surface area contributed by atoms with Gasteiger partial charge in [0.05, 0.1) is 12.5 Å². The fourth-order valence-electron chi connectivity index (χ4n) is 1.36. The summed E-state index contributed by atoms with van der Waals surface area (Å²) in [6.45, 7) is 0. The molecule has 14 heavy (non-hydrogen) atoms. The Kier molecular flexibility index (Phi) is 3.10. The van der Waals surface area contributed by atoms with Gasteiger partial charge in [0.15, 0.2) is 0 Å². The van der Waals surface area contributed by atoms with Gasteiger partial charge in [0.1, 0.15) is 0 Å². The number of benzene rings is 1. The summed E-state index contributed by atoms with van der Waals surface area (Å²) >= 11 is 7.50. The van der Waals surface area contributed by atoms with Crippen LogP contribution in [0.2, 0.25) is 0 Å². The average molecular weight is 378 g/mol. The molecule has 1 heterocycles. The summed E-state index contributed by atoms with van der Waals surface area (Å²) in [6.07, 6.45) is 0.479. The van der Waals surface area contributed by atoms with Gasteiger partial charge in [-0.25, -0.2) is 0 Å². The maximum atomic E-state index is 8.71. The van der Waals surface area contributed by atoms with Gasteiger partial charge in [0.25, 0.3) is 0 Å². The Morgan fingerprint density at radius 1 is 1.50 bits per heavy atom. The van der Waals surface area contributed by atoms with Crippen LogP contribution in [0.5, 0.6) is 0 Å². The zero-order chi connectivity index (χ0) is 10.1. The Balaban J connectivity index is 2.76. The molecule has 4 heteroatoms. The van der Waals surface area contributed by atoms with Gasteiger partial charge < -0.3 is 0 Å². The van der Waals surface area contributed by atoms with Crippen LogP contribution < -0.4 is 0 Å². The molecule has 0 amide bonds. The highest BCUT2D eigenvalue weighted by Gasteiger charge is 2.07. The number of nitrogens with zero attached hydrogens (tertiary/aromatic N) is 1. The smallest absolute Gasteiger partial charge is 0.0670 e. The number of rotatable bonds is 1. The molecule has 1 nitrogen and oxygen atoms in total. The molecule has 0 aliphatic rings. The highest BCUT2D eigenvalue weighted by atomic mass is 127. The lowest BCUT2D eigenvalue weighted by Gasteiger charge is -1.99. The molecule has 2 aromatic rings. The van der Waals surface area contributed by atoms with Gasteiger partial charge in [-0.2, -0.15) is 5.26 Å². The van der Waals surface area contributed by atoms with Crippen molar-refractivity contribution in [3.63, 3.8) is 0 Å². The van der Waals surface area contributed by atoms with E-state index in [-0.39, 0.29) is 0 Å². The fraction of sp³-hybridized carbons (Fsp3) is 0.100. The second kappa shape index (κ2) is 4.17. The first-order valence-electron chi connectivity index (χ1n) is 3.94. The quantitative estimate of drug-likeness (QED) is 0.678. The van der Waals surface area contributed by atoms with Crippen LogP contribution in [0.3, 0.4) is 0 Å². The molecule has 0 saturated carbocycles. The standard InChI is InChI=1S/C10H5BrINS/c11-7-3-6(1-2-13)10-8(4-7)9(12)5-14-10/h3-5H,1H2. The molecule has 0 spiro atoms. The molecule has 0 fully saturated rings. The minimum Gasteiger partial charge on any atom is -0.198 e. The number of thiophene rings is 1. The molecule has 0 bridgehead atoms. The molecule has 1 aromatic heterocycles. The minimum atomic E-state index is 0.479. The van der Waals surface area contributed by atoms with E-state index in [1.807, 2.05) is 6.07 Å². The Bertz CT molecular complexity index is 527. The van der Waals surface area contributed by atoms with E-state index in [4.69, 9.17) is 5.26 Å². The van der Waals surface area contributed by atoms with Gasteiger partial charge in [-0.3, -0.25) is 0 Å². The molecular formula is C10H5BrINS. The van der Waals surface area contributed by atoms with Gasteiger partial charge in [-0.15, -0.1) is 11.3 Å². The van der Waals surface area contributed by atoms with Crippen LogP contribution in [-0.2, 0) is 6.42 Å². The van der Waals surface area contributed by atoms with Gasteiger partial charge in [-0.1, -0.05) is 15.9 Å². The first-order valence-corrected chi connectivity index (χ1v) is 6.69. The van der Waals surface area contributed by atoms with Crippen molar-refractivity contribution < 1.29 is 0 Å². The van der Waals surface area contributed by atoms with Crippen molar-refractivity contribution in [3.8, 4) is 6.07 Å². The van der Waals surface area contributed by atoms with Gasteiger partial charge in [-0.05, 0) is 40.3 Å². The maximum absolute atomic E-state index is 8.71. The zero-order valence-electron chi connectivity index (χ0n) is 7.05. The molecule has 0 N–H and O–H groups in total. The van der Waals surface area contributed by atoms with E-state index in [0.29, 0.717) is 6.42 Å². The number of nitriles is 1. The van der Waals surface area contributed by atoms with Crippen LogP contribution in [0.1, 0.15) is 5.56 Å². The van der Waals surface area contributed by atoms with Crippen molar-refractivity contribution in [2.45, 2.75) is 6.42 Å². The second-order valence-corrected chi connectivity index (χ2v) is 5.82. The van der Waals surface area contributed by atoms with E-state index < -0.39 is 0 Å². The van der Waals surface area contributed by atoms with E-state index in [1.165, 1.54) is 13.7 Å². The Morgan fingerprint density at radius 2 is 2.29 bits per heavy atom. The van der Waals surface area contributed by atoms with Crippen LogP contribution >= 0.6 is 49.9 Å².